The summed E-state index contributed by atoms with van der Waals surface area (Å²) < 4.78 is 5.44. The van der Waals surface area contributed by atoms with Gasteiger partial charge in [0.2, 0.25) is 5.91 Å². The van der Waals surface area contributed by atoms with Crippen molar-refractivity contribution in [2.45, 2.75) is 50.6 Å². The second-order valence-corrected chi connectivity index (χ2v) is 7.57. The number of hydrogen-bond donors (Lipinski definition) is 1. The van der Waals surface area contributed by atoms with E-state index in [-0.39, 0.29) is 29.7 Å². The van der Waals surface area contributed by atoms with Gasteiger partial charge in [-0.25, -0.2) is 0 Å². The van der Waals surface area contributed by atoms with Crippen molar-refractivity contribution in [1.82, 2.24) is 15.1 Å². The highest BCUT2D eigenvalue weighted by atomic mass is 16.3. The zero-order valence-corrected chi connectivity index (χ0v) is 15.1. The molecular weight excluding hydrogens is 334 g/mol. The Morgan fingerprint density at radius 1 is 1.15 bits per heavy atom. The maximum Gasteiger partial charge on any atom is 0.255 e. The number of carbonyl (C=O) groups excluding carboxylic acids is 3. The standard InChI is InChI=1S/C19H25N3O4/c1-21-8-7-14(19(21)25)22-9-5-12(6-10-22)20-18(24)13-11-26-16-4-2-3-15(23)17(13)16/h11-12,14H,2-10H2,1H3,(H,20,24). The molecule has 4 rings (SSSR count). The summed E-state index contributed by atoms with van der Waals surface area (Å²) in [6.07, 6.45) is 5.92. The van der Waals surface area contributed by atoms with Crippen molar-refractivity contribution in [1.29, 1.82) is 0 Å². The van der Waals surface area contributed by atoms with Crippen LogP contribution in [0.15, 0.2) is 10.7 Å². The molecule has 1 N–H and O–H groups in total. The summed E-state index contributed by atoms with van der Waals surface area (Å²) in [5.41, 5.74) is 0.852. The lowest BCUT2D eigenvalue weighted by atomic mass is 9.93. The Balaban J connectivity index is 1.35. The summed E-state index contributed by atoms with van der Waals surface area (Å²) in [6, 6.07) is 0.0624. The van der Waals surface area contributed by atoms with Crippen molar-refractivity contribution in [3.05, 3.63) is 23.2 Å². The molecule has 0 spiro atoms. The molecule has 0 saturated carbocycles. The number of nitrogens with one attached hydrogen (secondary N) is 1. The van der Waals surface area contributed by atoms with Crippen molar-refractivity contribution in [2.75, 3.05) is 26.7 Å². The highest BCUT2D eigenvalue weighted by molar-refractivity contribution is 6.09. The maximum absolute atomic E-state index is 12.6. The lowest BCUT2D eigenvalue weighted by Gasteiger charge is -2.35. The van der Waals surface area contributed by atoms with Gasteiger partial charge in [-0.3, -0.25) is 19.3 Å². The van der Waals surface area contributed by atoms with Gasteiger partial charge in [-0.05, 0) is 25.7 Å². The SMILES string of the molecule is CN1CCC(N2CCC(NC(=O)c3coc4c3C(=O)CCC4)CC2)C1=O. The van der Waals surface area contributed by atoms with Crippen LogP contribution in [0.3, 0.4) is 0 Å². The highest BCUT2D eigenvalue weighted by Gasteiger charge is 2.36. The van der Waals surface area contributed by atoms with Crippen molar-refractivity contribution in [3.8, 4) is 0 Å². The summed E-state index contributed by atoms with van der Waals surface area (Å²) >= 11 is 0. The molecule has 2 aliphatic heterocycles. The van der Waals surface area contributed by atoms with Gasteiger partial charge in [-0.2, -0.15) is 0 Å². The lowest BCUT2D eigenvalue weighted by molar-refractivity contribution is -0.131. The third kappa shape index (κ3) is 3.05. The van der Waals surface area contributed by atoms with E-state index < -0.39 is 0 Å². The molecule has 26 heavy (non-hydrogen) atoms. The molecule has 2 fully saturated rings. The molecule has 1 aromatic heterocycles. The van der Waals surface area contributed by atoms with Crippen LogP contribution in [0.4, 0.5) is 0 Å². The molecule has 1 unspecified atom stereocenters. The van der Waals surface area contributed by atoms with Gasteiger partial charge in [0.1, 0.15) is 12.0 Å². The molecule has 3 aliphatic rings. The summed E-state index contributed by atoms with van der Waals surface area (Å²) in [6.45, 7) is 2.43. The normalized spacial score (nSPS) is 24.8. The minimum absolute atomic E-state index is 0.00355. The van der Waals surface area contributed by atoms with Gasteiger partial charge in [0.25, 0.3) is 5.91 Å². The number of likely N-dealkylation sites (N-methyl/N-ethyl adjacent to an activating group) is 1. The molecule has 2 saturated heterocycles. The van der Waals surface area contributed by atoms with Gasteiger partial charge in [0, 0.05) is 45.6 Å². The fraction of sp³-hybridized carbons (Fsp3) is 0.632. The molecule has 2 amide bonds. The maximum atomic E-state index is 12.6. The topological polar surface area (TPSA) is 82.9 Å². The van der Waals surface area contributed by atoms with Crippen LogP contribution in [0, 0.1) is 0 Å². The number of aryl methyl sites for hydroxylation is 1. The Kier molecular flexibility index (Phi) is 4.56. The second-order valence-electron chi connectivity index (χ2n) is 7.57. The third-order valence-electron chi connectivity index (χ3n) is 5.90. The molecule has 3 heterocycles. The number of ketones is 1. The molecule has 1 aliphatic carbocycles. The molecule has 7 heteroatoms. The van der Waals surface area contributed by atoms with E-state index in [1.54, 1.807) is 4.90 Å². The third-order valence-corrected chi connectivity index (χ3v) is 5.90. The summed E-state index contributed by atoms with van der Waals surface area (Å²) in [4.78, 5) is 40.9. The number of piperidine rings is 1. The van der Waals surface area contributed by atoms with E-state index in [1.165, 1.54) is 6.26 Å². The summed E-state index contributed by atoms with van der Waals surface area (Å²) in [7, 11) is 1.85. The average Bonchev–Trinajstić information content (AvgIpc) is 3.21. The number of rotatable bonds is 3. The quantitative estimate of drug-likeness (QED) is 0.877. The van der Waals surface area contributed by atoms with Crippen molar-refractivity contribution in [2.24, 2.45) is 0 Å². The van der Waals surface area contributed by atoms with Gasteiger partial charge in [0.05, 0.1) is 17.2 Å². The van der Waals surface area contributed by atoms with Crippen LogP contribution < -0.4 is 5.32 Å². The first kappa shape index (κ1) is 17.3. The largest absolute Gasteiger partial charge is 0.468 e. The van der Waals surface area contributed by atoms with Crippen LogP contribution in [0.1, 0.15) is 58.6 Å². The van der Waals surface area contributed by atoms with Crippen molar-refractivity contribution in [3.63, 3.8) is 0 Å². The highest BCUT2D eigenvalue weighted by Crippen LogP contribution is 2.27. The number of fused-ring (bicyclic) bond motifs is 1. The van der Waals surface area contributed by atoms with Crippen molar-refractivity contribution >= 4 is 17.6 Å². The van der Waals surface area contributed by atoms with Gasteiger partial charge in [-0.1, -0.05) is 0 Å². The smallest absolute Gasteiger partial charge is 0.255 e. The molecule has 1 atom stereocenters. The fourth-order valence-electron chi connectivity index (χ4n) is 4.35. The number of amides is 2. The molecule has 0 aromatic carbocycles. The van der Waals surface area contributed by atoms with Gasteiger partial charge in [-0.15, -0.1) is 0 Å². The average molecular weight is 359 g/mol. The van der Waals surface area contributed by atoms with E-state index in [0.29, 0.717) is 23.3 Å². The molecular formula is C19H25N3O4. The van der Waals surface area contributed by atoms with E-state index in [0.717, 1.165) is 51.7 Å². The molecule has 1 aromatic rings. The lowest BCUT2D eigenvalue weighted by Crippen LogP contribution is -2.50. The monoisotopic (exact) mass is 359 g/mol. The van der Waals surface area contributed by atoms with Crippen LogP contribution in [-0.2, 0) is 11.2 Å². The second kappa shape index (κ2) is 6.87. The zero-order valence-electron chi connectivity index (χ0n) is 15.1. The van der Waals surface area contributed by atoms with E-state index >= 15 is 0 Å². The van der Waals surface area contributed by atoms with E-state index in [1.807, 2.05) is 7.05 Å². The molecule has 0 bridgehead atoms. The number of nitrogens with zero attached hydrogens (tertiary/aromatic N) is 2. The van der Waals surface area contributed by atoms with Crippen LogP contribution in [0.2, 0.25) is 0 Å². The first-order chi connectivity index (χ1) is 12.5. The Morgan fingerprint density at radius 3 is 2.62 bits per heavy atom. The van der Waals surface area contributed by atoms with Gasteiger partial charge < -0.3 is 14.6 Å². The minimum Gasteiger partial charge on any atom is -0.468 e. The first-order valence-electron chi connectivity index (χ1n) is 9.48. The first-order valence-corrected chi connectivity index (χ1v) is 9.48. The Hall–Kier alpha value is -2.15. The number of Topliss-reactive ketones (excluding diaryl/α,β-unsaturated/α-hetero) is 1. The number of likely N-dealkylation sites (tertiary alicyclic amines) is 2. The minimum atomic E-state index is -0.222. The van der Waals surface area contributed by atoms with E-state index in [9.17, 15) is 14.4 Å². The predicted molar refractivity (Wildman–Crippen MR) is 94.1 cm³/mol. The summed E-state index contributed by atoms with van der Waals surface area (Å²) in [5, 5.41) is 3.05. The Labute approximate surface area is 152 Å². The van der Waals surface area contributed by atoms with Crippen LogP contribution in [0.5, 0.6) is 0 Å². The van der Waals surface area contributed by atoms with Gasteiger partial charge in [0.15, 0.2) is 5.78 Å². The molecule has 0 radical (unpaired) electrons. The Bertz CT molecular complexity index is 733. The van der Waals surface area contributed by atoms with Crippen LogP contribution >= 0.6 is 0 Å². The van der Waals surface area contributed by atoms with Crippen LogP contribution in [-0.4, -0.2) is 66.2 Å². The molecule has 140 valence electrons. The number of carbonyl (C=O) groups is 3. The zero-order chi connectivity index (χ0) is 18.3. The van der Waals surface area contributed by atoms with E-state index in [2.05, 4.69) is 10.2 Å². The Morgan fingerprint density at radius 2 is 1.92 bits per heavy atom. The summed E-state index contributed by atoms with van der Waals surface area (Å²) in [5.74, 6) is 0.630. The number of furan rings is 1. The fourth-order valence-corrected chi connectivity index (χ4v) is 4.35. The van der Waals surface area contributed by atoms with E-state index in [4.69, 9.17) is 4.42 Å². The molecule has 7 nitrogen and oxygen atoms in total. The van der Waals surface area contributed by atoms with Gasteiger partial charge >= 0.3 is 0 Å². The number of hydrogen-bond acceptors (Lipinski definition) is 5. The van der Waals surface area contributed by atoms with Crippen LogP contribution in [0.25, 0.3) is 0 Å². The predicted octanol–water partition coefficient (Wildman–Crippen LogP) is 1.22. The van der Waals surface area contributed by atoms with Crippen molar-refractivity contribution < 1.29 is 18.8 Å².